The Kier molecular flexibility index (Phi) is 2.21. The van der Waals surface area contributed by atoms with E-state index in [0.29, 0.717) is 16.5 Å². The van der Waals surface area contributed by atoms with Gasteiger partial charge >= 0.3 is 5.82 Å². The smallest absolute Gasteiger partial charge is 0.371 e. The summed E-state index contributed by atoms with van der Waals surface area (Å²) in [4.78, 5) is 13.9. The van der Waals surface area contributed by atoms with Gasteiger partial charge in [0.05, 0.1) is 12.5 Å². The van der Waals surface area contributed by atoms with Gasteiger partial charge in [0.2, 0.25) is 0 Å². The van der Waals surface area contributed by atoms with E-state index in [1.54, 1.807) is 24.3 Å². The van der Waals surface area contributed by atoms with Crippen LogP contribution in [0.25, 0.3) is 10.8 Å². The summed E-state index contributed by atoms with van der Waals surface area (Å²) < 4.78 is 5.11. The Morgan fingerprint density at radius 2 is 2.13 bits per heavy atom. The Labute approximate surface area is 85.5 Å². The molecule has 0 spiro atoms. The van der Waals surface area contributed by atoms with Crippen LogP contribution in [-0.4, -0.2) is 17.0 Å². The van der Waals surface area contributed by atoms with Crippen molar-refractivity contribution in [2.24, 2.45) is 0 Å². The van der Waals surface area contributed by atoms with Crippen molar-refractivity contribution in [1.29, 1.82) is 0 Å². The Hall–Kier alpha value is -2.17. The Bertz CT molecular complexity index is 525. The molecule has 5 heteroatoms. The molecule has 0 fully saturated rings. The highest BCUT2D eigenvalue weighted by molar-refractivity contribution is 5.93. The molecule has 1 aromatic heterocycles. The van der Waals surface area contributed by atoms with Crippen LogP contribution in [0, 0.1) is 10.1 Å². The molecular weight excluding hydrogens is 196 g/mol. The van der Waals surface area contributed by atoms with Gasteiger partial charge in [0.1, 0.15) is 11.9 Å². The van der Waals surface area contributed by atoms with Crippen molar-refractivity contribution < 1.29 is 9.66 Å². The van der Waals surface area contributed by atoms with Crippen LogP contribution in [0.4, 0.5) is 5.82 Å². The molecule has 0 amide bonds. The number of ether oxygens (including phenoxy) is 1. The van der Waals surface area contributed by atoms with Crippen LogP contribution in [0.15, 0.2) is 30.5 Å². The molecule has 2 aromatic rings. The summed E-state index contributed by atoms with van der Waals surface area (Å²) >= 11 is 0. The van der Waals surface area contributed by atoms with Crippen LogP contribution >= 0.6 is 0 Å². The van der Waals surface area contributed by atoms with Gasteiger partial charge in [-0.05, 0) is 28.1 Å². The topological polar surface area (TPSA) is 65.3 Å². The highest BCUT2D eigenvalue weighted by atomic mass is 16.6. The molecule has 0 bridgehead atoms. The number of hydrogen-bond donors (Lipinski definition) is 0. The molecule has 2 rings (SSSR count). The number of rotatable bonds is 2. The van der Waals surface area contributed by atoms with Crippen molar-refractivity contribution >= 4 is 16.6 Å². The van der Waals surface area contributed by atoms with E-state index in [9.17, 15) is 10.1 Å². The highest BCUT2D eigenvalue weighted by Gasteiger charge is 2.14. The van der Waals surface area contributed by atoms with Crippen molar-refractivity contribution in [2.45, 2.75) is 0 Å². The molecule has 1 aromatic carbocycles. The largest absolute Gasteiger partial charge is 0.496 e. The average Bonchev–Trinajstić information content (AvgIpc) is 2.27. The molecule has 0 N–H and O–H groups in total. The van der Waals surface area contributed by atoms with Crippen LogP contribution in [0.3, 0.4) is 0 Å². The number of nitro groups is 1. The summed E-state index contributed by atoms with van der Waals surface area (Å²) in [7, 11) is 1.53. The zero-order chi connectivity index (χ0) is 10.8. The second-order valence-electron chi connectivity index (χ2n) is 2.95. The van der Waals surface area contributed by atoms with Crippen molar-refractivity contribution in [3.05, 3.63) is 40.6 Å². The predicted molar refractivity (Wildman–Crippen MR) is 54.9 cm³/mol. The molecule has 0 aliphatic carbocycles. The van der Waals surface area contributed by atoms with E-state index in [2.05, 4.69) is 4.98 Å². The number of aromatic nitrogens is 1. The van der Waals surface area contributed by atoms with E-state index in [4.69, 9.17) is 4.74 Å². The molecule has 0 saturated heterocycles. The SMILES string of the molecule is COc1cccc2c([N+](=O)[O-])nccc12. The first-order valence-electron chi connectivity index (χ1n) is 4.30. The summed E-state index contributed by atoms with van der Waals surface area (Å²) in [6, 6.07) is 6.81. The first-order chi connectivity index (χ1) is 7.24. The molecule has 5 nitrogen and oxygen atoms in total. The van der Waals surface area contributed by atoms with Crippen molar-refractivity contribution in [3.8, 4) is 5.75 Å². The Balaban J connectivity index is 2.82. The van der Waals surface area contributed by atoms with Crippen molar-refractivity contribution in [3.63, 3.8) is 0 Å². The van der Waals surface area contributed by atoms with E-state index >= 15 is 0 Å². The van der Waals surface area contributed by atoms with Gasteiger partial charge in [-0.3, -0.25) is 0 Å². The zero-order valence-corrected chi connectivity index (χ0v) is 8.01. The first-order valence-corrected chi connectivity index (χ1v) is 4.30. The molecule has 0 aliphatic rings. The number of fused-ring (bicyclic) bond motifs is 1. The average molecular weight is 204 g/mol. The van der Waals surface area contributed by atoms with Gasteiger partial charge < -0.3 is 14.9 Å². The fourth-order valence-electron chi connectivity index (χ4n) is 1.49. The number of pyridine rings is 1. The lowest BCUT2D eigenvalue weighted by molar-refractivity contribution is -0.387. The van der Waals surface area contributed by atoms with E-state index in [0.717, 1.165) is 0 Å². The summed E-state index contributed by atoms with van der Waals surface area (Å²) in [5.41, 5.74) is 0. The van der Waals surface area contributed by atoms with Crippen LogP contribution in [0.1, 0.15) is 0 Å². The lowest BCUT2D eigenvalue weighted by Crippen LogP contribution is -1.94. The fourth-order valence-corrected chi connectivity index (χ4v) is 1.49. The third-order valence-corrected chi connectivity index (χ3v) is 2.14. The minimum absolute atomic E-state index is 0.147. The van der Waals surface area contributed by atoms with E-state index in [-0.39, 0.29) is 5.82 Å². The number of hydrogen-bond acceptors (Lipinski definition) is 4. The second-order valence-corrected chi connectivity index (χ2v) is 2.95. The number of benzene rings is 1. The molecule has 15 heavy (non-hydrogen) atoms. The lowest BCUT2D eigenvalue weighted by atomic mass is 10.1. The minimum Gasteiger partial charge on any atom is -0.496 e. The molecule has 0 radical (unpaired) electrons. The summed E-state index contributed by atoms with van der Waals surface area (Å²) in [6.45, 7) is 0. The molecule has 0 saturated carbocycles. The lowest BCUT2D eigenvalue weighted by Gasteiger charge is -2.03. The van der Waals surface area contributed by atoms with E-state index in [1.807, 2.05) is 0 Å². The molecule has 0 atom stereocenters. The van der Waals surface area contributed by atoms with Crippen LogP contribution in [-0.2, 0) is 0 Å². The fraction of sp³-hybridized carbons (Fsp3) is 0.100. The van der Waals surface area contributed by atoms with Gasteiger partial charge in [0, 0.05) is 5.39 Å². The normalized spacial score (nSPS) is 10.2. The standard InChI is InChI=1S/C10H8N2O3/c1-15-9-4-2-3-8-7(9)5-6-11-10(8)12(13)14/h2-6H,1H3. The van der Waals surface area contributed by atoms with Gasteiger partial charge in [0.15, 0.2) is 0 Å². The third kappa shape index (κ3) is 1.48. The molecule has 1 heterocycles. The van der Waals surface area contributed by atoms with Gasteiger partial charge in [-0.25, -0.2) is 0 Å². The highest BCUT2D eigenvalue weighted by Crippen LogP contribution is 2.29. The van der Waals surface area contributed by atoms with Gasteiger partial charge in [0.25, 0.3) is 0 Å². The maximum atomic E-state index is 10.7. The van der Waals surface area contributed by atoms with Crippen LogP contribution in [0.5, 0.6) is 5.75 Å². The first kappa shape index (κ1) is 9.39. The van der Waals surface area contributed by atoms with Gasteiger partial charge in [-0.15, -0.1) is 0 Å². The number of nitrogens with zero attached hydrogens (tertiary/aromatic N) is 2. The molecule has 0 unspecified atom stereocenters. The molecular formula is C10H8N2O3. The summed E-state index contributed by atoms with van der Waals surface area (Å²) in [5.74, 6) is 0.462. The summed E-state index contributed by atoms with van der Waals surface area (Å²) in [5, 5.41) is 11.9. The van der Waals surface area contributed by atoms with Crippen molar-refractivity contribution in [1.82, 2.24) is 4.98 Å². The van der Waals surface area contributed by atoms with Crippen LogP contribution < -0.4 is 4.74 Å². The van der Waals surface area contributed by atoms with Crippen molar-refractivity contribution in [2.75, 3.05) is 7.11 Å². The maximum absolute atomic E-state index is 10.7. The molecule has 0 aliphatic heterocycles. The summed E-state index contributed by atoms with van der Waals surface area (Å²) in [6.07, 6.45) is 1.41. The monoisotopic (exact) mass is 204 g/mol. The predicted octanol–water partition coefficient (Wildman–Crippen LogP) is 2.15. The van der Waals surface area contributed by atoms with E-state index in [1.165, 1.54) is 13.3 Å². The van der Waals surface area contributed by atoms with Gasteiger partial charge in [-0.2, -0.15) is 0 Å². The van der Waals surface area contributed by atoms with Gasteiger partial charge in [-0.1, -0.05) is 6.07 Å². The van der Waals surface area contributed by atoms with Crippen LogP contribution in [0.2, 0.25) is 0 Å². The third-order valence-electron chi connectivity index (χ3n) is 2.14. The quantitative estimate of drug-likeness (QED) is 0.555. The Morgan fingerprint density at radius 1 is 1.33 bits per heavy atom. The Morgan fingerprint density at radius 3 is 2.80 bits per heavy atom. The molecule has 76 valence electrons. The number of methoxy groups -OCH3 is 1. The second kappa shape index (κ2) is 3.53. The minimum atomic E-state index is -0.498. The van der Waals surface area contributed by atoms with E-state index < -0.39 is 4.92 Å². The zero-order valence-electron chi connectivity index (χ0n) is 8.01. The maximum Gasteiger partial charge on any atom is 0.371 e.